The zero-order valence-corrected chi connectivity index (χ0v) is 16.5. The highest BCUT2D eigenvalue weighted by atomic mass is 32.2. The molecule has 1 aliphatic rings. The molecule has 0 spiro atoms. The average Bonchev–Trinajstić information content (AvgIpc) is 2.69. The van der Waals surface area contributed by atoms with Crippen molar-refractivity contribution in [2.75, 3.05) is 26.2 Å². The second kappa shape index (κ2) is 7.46. The minimum absolute atomic E-state index is 0.138. The standard InChI is InChI=1S/C20H22N4O3S/c1-15-6-8-16(9-7-15)28(26,27)24-12-10-23(11-13-24)14-19-21-18-5-3-2-4-17(18)20(25)22-19/h2-9H,10-14H2,1H3,(H,21,22,25)/p+1. The van der Waals surface area contributed by atoms with Gasteiger partial charge in [-0.05, 0) is 31.2 Å². The first-order valence-electron chi connectivity index (χ1n) is 9.32. The van der Waals surface area contributed by atoms with Crippen LogP contribution in [-0.4, -0.2) is 48.9 Å². The third kappa shape index (κ3) is 3.71. The van der Waals surface area contributed by atoms with Crippen LogP contribution in [0.5, 0.6) is 0 Å². The quantitative estimate of drug-likeness (QED) is 0.662. The monoisotopic (exact) mass is 399 g/mol. The maximum absolute atomic E-state index is 12.8. The number of H-pyrrole nitrogens is 1. The minimum atomic E-state index is -3.46. The lowest BCUT2D eigenvalue weighted by molar-refractivity contribution is -0.917. The highest BCUT2D eigenvalue weighted by molar-refractivity contribution is 7.89. The number of rotatable bonds is 4. The second-order valence-corrected chi connectivity index (χ2v) is 9.11. The molecule has 0 radical (unpaired) electrons. The van der Waals surface area contributed by atoms with Crippen molar-refractivity contribution in [2.24, 2.45) is 0 Å². The number of nitrogens with zero attached hydrogens (tertiary/aromatic N) is 2. The summed E-state index contributed by atoms with van der Waals surface area (Å²) >= 11 is 0. The van der Waals surface area contributed by atoms with Gasteiger partial charge in [-0.3, -0.25) is 4.79 Å². The number of piperazine rings is 1. The van der Waals surface area contributed by atoms with Crippen LogP contribution in [-0.2, 0) is 16.6 Å². The molecule has 1 aromatic heterocycles. The van der Waals surface area contributed by atoms with E-state index in [2.05, 4.69) is 9.97 Å². The average molecular weight is 399 g/mol. The summed E-state index contributed by atoms with van der Waals surface area (Å²) in [7, 11) is -3.46. The van der Waals surface area contributed by atoms with E-state index in [0.717, 1.165) is 5.56 Å². The van der Waals surface area contributed by atoms with Crippen LogP contribution >= 0.6 is 0 Å². The van der Waals surface area contributed by atoms with Gasteiger partial charge in [0.25, 0.3) is 5.56 Å². The summed E-state index contributed by atoms with van der Waals surface area (Å²) in [5, 5.41) is 0.579. The van der Waals surface area contributed by atoms with E-state index in [1.807, 2.05) is 37.3 Å². The van der Waals surface area contributed by atoms with Crippen molar-refractivity contribution in [2.45, 2.75) is 18.4 Å². The van der Waals surface area contributed by atoms with Crippen molar-refractivity contribution in [1.82, 2.24) is 14.3 Å². The fourth-order valence-corrected chi connectivity index (χ4v) is 4.98. The number of aromatic nitrogens is 2. The minimum Gasteiger partial charge on any atom is -0.326 e. The predicted molar refractivity (Wildman–Crippen MR) is 107 cm³/mol. The summed E-state index contributed by atoms with van der Waals surface area (Å²) in [5.74, 6) is 0.633. The van der Waals surface area contributed by atoms with Crippen molar-refractivity contribution in [3.8, 4) is 0 Å². The maximum atomic E-state index is 12.8. The molecular formula is C20H23N4O3S+. The predicted octanol–water partition coefficient (Wildman–Crippen LogP) is 0.321. The number of fused-ring (bicyclic) bond motifs is 1. The van der Waals surface area contributed by atoms with Gasteiger partial charge in [0, 0.05) is 0 Å². The van der Waals surface area contributed by atoms with Crippen LogP contribution in [0.15, 0.2) is 58.2 Å². The van der Waals surface area contributed by atoms with Crippen LogP contribution in [0, 0.1) is 6.92 Å². The van der Waals surface area contributed by atoms with Gasteiger partial charge in [0.05, 0.1) is 42.0 Å². The number of benzene rings is 2. The number of hydrogen-bond donors (Lipinski definition) is 2. The van der Waals surface area contributed by atoms with Crippen LogP contribution in [0.4, 0.5) is 0 Å². The lowest BCUT2D eigenvalue weighted by Crippen LogP contribution is -3.13. The molecule has 2 aromatic carbocycles. The molecule has 0 unspecified atom stereocenters. The first-order chi connectivity index (χ1) is 13.4. The zero-order chi connectivity index (χ0) is 19.7. The van der Waals surface area contributed by atoms with Crippen molar-refractivity contribution < 1.29 is 13.3 Å². The first kappa shape index (κ1) is 18.8. The zero-order valence-electron chi connectivity index (χ0n) is 15.7. The van der Waals surface area contributed by atoms with Crippen LogP contribution in [0.2, 0.25) is 0 Å². The number of quaternary nitrogens is 1. The van der Waals surface area contributed by atoms with E-state index in [1.165, 1.54) is 9.21 Å². The summed E-state index contributed by atoms with van der Waals surface area (Å²) in [5.41, 5.74) is 1.58. The second-order valence-electron chi connectivity index (χ2n) is 7.17. The molecule has 1 aliphatic heterocycles. The number of aromatic amines is 1. The molecule has 1 saturated heterocycles. The van der Waals surface area contributed by atoms with Crippen LogP contribution in [0.25, 0.3) is 10.9 Å². The highest BCUT2D eigenvalue weighted by Gasteiger charge is 2.30. The van der Waals surface area contributed by atoms with E-state index in [-0.39, 0.29) is 5.56 Å². The molecule has 2 heterocycles. The summed E-state index contributed by atoms with van der Waals surface area (Å²) in [6.07, 6.45) is 0. The summed E-state index contributed by atoms with van der Waals surface area (Å²) < 4.78 is 27.2. The van der Waals surface area contributed by atoms with Gasteiger partial charge in [-0.25, -0.2) is 13.4 Å². The van der Waals surface area contributed by atoms with Gasteiger partial charge < -0.3 is 9.88 Å². The van der Waals surface area contributed by atoms with E-state index < -0.39 is 10.0 Å². The fourth-order valence-electron chi connectivity index (χ4n) is 3.53. The lowest BCUT2D eigenvalue weighted by Gasteiger charge is -2.31. The lowest BCUT2D eigenvalue weighted by atomic mass is 10.2. The first-order valence-corrected chi connectivity index (χ1v) is 10.8. The van der Waals surface area contributed by atoms with Crippen LogP contribution in [0.1, 0.15) is 11.4 Å². The van der Waals surface area contributed by atoms with Gasteiger partial charge in [0.1, 0.15) is 6.54 Å². The Hall–Kier alpha value is -2.55. The molecule has 7 nitrogen and oxygen atoms in total. The van der Waals surface area contributed by atoms with E-state index in [1.54, 1.807) is 18.2 Å². The topological polar surface area (TPSA) is 87.6 Å². The number of para-hydroxylation sites is 1. The highest BCUT2D eigenvalue weighted by Crippen LogP contribution is 2.16. The molecule has 0 amide bonds. The van der Waals surface area contributed by atoms with E-state index in [9.17, 15) is 13.2 Å². The Kier molecular flexibility index (Phi) is 5.01. The molecule has 0 saturated carbocycles. The molecule has 0 aliphatic carbocycles. The molecule has 3 aromatic rings. The third-order valence-corrected chi connectivity index (χ3v) is 7.08. The summed E-state index contributed by atoms with van der Waals surface area (Å²) in [6, 6.07) is 14.2. The molecule has 0 atom stereocenters. The normalized spacial score (nSPS) is 16.5. The van der Waals surface area contributed by atoms with Gasteiger partial charge in [-0.15, -0.1) is 0 Å². The number of hydrogen-bond acceptors (Lipinski definition) is 4. The SMILES string of the molecule is Cc1ccc(S(=O)(=O)N2CC[NH+](Cc3nc4ccccc4c(=O)[nH]3)CC2)cc1. The number of aryl methyl sites for hydroxylation is 1. The summed E-state index contributed by atoms with van der Waals surface area (Å²) in [6.45, 7) is 4.73. The van der Waals surface area contributed by atoms with Gasteiger partial charge >= 0.3 is 0 Å². The van der Waals surface area contributed by atoms with Gasteiger partial charge in [0.15, 0.2) is 5.82 Å². The van der Waals surface area contributed by atoms with E-state index >= 15 is 0 Å². The van der Waals surface area contributed by atoms with Crippen molar-refractivity contribution >= 4 is 20.9 Å². The Balaban J connectivity index is 1.44. The molecule has 28 heavy (non-hydrogen) atoms. The molecule has 8 heteroatoms. The molecule has 4 rings (SSSR count). The Morgan fingerprint density at radius 2 is 1.75 bits per heavy atom. The number of sulfonamides is 1. The van der Waals surface area contributed by atoms with E-state index in [4.69, 9.17) is 0 Å². The fraction of sp³-hybridized carbons (Fsp3) is 0.300. The Morgan fingerprint density at radius 3 is 2.46 bits per heavy atom. The van der Waals surface area contributed by atoms with Gasteiger partial charge in [0.2, 0.25) is 10.0 Å². The van der Waals surface area contributed by atoms with Gasteiger partial charge in [-0.1, -0.05) is 29.8 Å². The smallest absolute Gasteiger partial charge is 0.258 e. The van der Waals surface area contributed by atoms with Gasteiger partial charge in [-0.2, -0.15) is 4.31 Å². The molecular weight excluding hydrogens is 376 g/mol. The molecule has 0 bridgehead atoms. The van der Waals surface area contributed by atoms with Crippen LogP contribution < -0.4 is 10.5 Å². The van der Waals surface area contributed by atoms with Crippen molar-refractivity contribution in [3.63, 3.8) is 0 Å². The molecule has 1 fully saturated rings. The Bertz CT molecular complexity index is 1150. The van der Waals surface area contributed by atoms with Crippen LogP contribution in [0.3, 0.4) is 0 Å². The largest absolute Gasteiger partial charge is 0.326 e. The van der Waals surface area contributed by atoms with E-state index in [0.29, 0.717) is 54.3 Å². The summed E-state index contributed by atoms with van der Waals surface area (Å²) in [4.78, 5) is 21.1. The number of nitrogens with one attached hydrogen (secondary N) is 2. The Morgan fingerprint density at radius 1 is 1.07 bits per heavy atom. The maximum Gasteiger partial charge on any atom is 0.258 e. The van der Waals surface area contributed by atoms with Crippen molar-refractivity contribution in [1.29, 1.82) is 0 Å². The molecule has 2 N–H and O–H groups in total. The van der Waals surface area contributed by atoms with Crippen molar-refractivity contribution in [3.05, 3.63) is 70.3 Å². The third-order valence-electron chi connectivity index (χ3n) is 5.17. The molecule has 146 valence electrons. The Labute approximate surface area is 163 Å².